The summed E-state index contributed by atoms with van der Waals surface area (Å²) >= 11 is 7.70. The van der Waals surface area contributed by atoms with Crippen LogP contribution in [0.5, 0.6) is 0 Å². The van der Waals surface area contributed by atoms with Crippen molar-refractivity contribution < 1.29 is 0 Å². The van der Waals surface area contributed by atoms with Gasteiger partial charge in [-0.15, -0.1) is 11.3 Å². The Bertz CT molecular complexity index is 278. The summed E-state index contributed by atoms with van der Waals surface area (Å²) in [5.74, 6) is 0. The Morgan fingerprint density at radius 2 is 2.33 bits per heavy atom. The third-order valence-corrected chi connectivity index (χ3v) is 3.94. The molecule has 2 N–H and O–H groups in total. The van der Waals surface area contributed by atoms with Crippen molar-refractivity contribution in [3.05, 3.63) is 21.3 Å². The van der Waals surface area contributed by atoms with Crippen LogP contribution >= 0.6 is 22.9 Å². The van der Waals surface area contributed by atoms with Crippen LogP contribution in [-0.4, -0.2) is 5.54 Å². The first-order valence-corrected chi connectivity index (χ1v) is 5.46. The molecule has 1 aliphatic carbocycles. The first kappa shape index (κ1) is 8.54. The average molecular weight is 202 g/mol. The minimum Gasteiger partial charge on any atom is -0.325 e. The first-order valence-electron chi connectivity index (χ1n) is 4.20. The molecule has 0 aromatic carbocycles. The highest BCUT2D eigenvalue weighted by atomic mass is 35.5. The van der Waals surface area contributed by atoms with Crippen LogP contribution in [0.3, 0.4) is 0 Å². The Kier molecular flexibility index (Phi) is 2.15. The zero-order valence-corrected chi connectivity index (χ0v) is 8.42. The molecule has 0 saturated heterocycles. The van der Waals surface area contributed by atoms with Gasteiger partial charge < -0.3 is 5.73 Å². The molecule has 2 rings (SSSR count). The Morgan fingerprint density at radius 3 is 2.75 bits per heavy atom. The summed E-state index contributed by atoms with van der Waals surface area (Å²) < 4.78 is 0. The van der Waals surface area contributed by atoms with E-state index in [1.807, 2.05) is 11.4 Å². The van der Waals surface area contributed by atoms with Gasteiger partial charge >= 0.3 is 0 Å². The molecule has 1 nitrogen and oxygen atoms in total. The van der Waals surface area contributed by atoms with E-state index >= 15 is 0 Å². The van der Waals surface area contributed by atoms with Crippen LogP contribution < -0.4 is 5.73 Å². The first-order chi connectivity index (χ1) is 5.70. The van der Waals surface area contributed by atoms with E-state index in [4.69, 9.17) is 17.3 Å². The summed E-state index contributed by atoms with van der Waals surface area (Å²) in [6.07, 6.45) is 4.55. The summed E-state index contributed by atoms with van der Waals surface area (Å²) in [6.45, 7) is 0. The molecule has 66 valence electrons. The van der Waals surface area contributed by atoms with Crippen molar-refractivity contribution >= 4 is 22.9 Å². The van der Waals surface area contributed by atoms with E-state index in [0.29, 0.717) is 0 Å². The van der Waals surface area contributed by atoms with E-state index in [2.05, 4.69) is 0 Å². The van der Waals surface area contributed by atoms with Gasteiger partial charge in [0.05, 0.1) is 5.02 Å². The zero-order chi connectivity index (χ0) is 8.60. The van der Waals surface area contributed by atoms with Crippen LogP contribution in [0.15, 0.2) is 11.4 Å². The number of thiophene rings is 1. The van der Waals surface area contributed by atoms with Gasteiger partial charge in [-0.1, -0.05) is 11.6 Å². The van der Waals surface area contributed by atoms with E-state index < -0.39 is 0 Å². The fourth-order valence-corrected chi connectivity index (χ4v) is 2.84. The SMILES string of the molecule is NC1(Cc2sccc2Cl)CCC1. The lowest BCUT2D eigenvalue weighted by Gasteiger charge is -2.37. The number of hydrogen-bond acceptors (Lipinski definition) is 2. The predicted octanol–water partition coefficient (Wildman–Crippen LogP) is 2.83. The summed E-state index contributed by atoms with van der Waals surface area (Å²) in [5, 5.41) is 2.91. The molecule has 1 aliphatic rings. The zero-order valence-electron chi connectivity index (χ0n) is 6.85. The molecule has 0 unspecified atom stereocenters. The van der Waals surface area contributed by atoms with Crippen LogP contribution in [-0.2, 0) is 6.42 Å². The molecule has 1 saturated carbocycles. The van der Waals surface area contributed by atoms with Crippen LogP contribution in [0.2, 0.25) is 5.02 Å². The van der Waals surface area contributed by atoms with E-state index in [1.165, 1.54) is 11.3 Å². The van der Waals surface area contributed by atoms with E-state index in [1.54, 1.807) is 11.3 Å². The van der Waals surface area contributed by atoms with E-state index in [-0.39, 0.29) is 5.54 Å². The van der Waals surface area contributed by atoms with Gasteiger partial charge in [0.15, 0.2) is 0 Å². The molecule has 3 heteroatoms. The summed E-state index contributed by atoms with van der Waals surface area (Å²) in [7, 11) is 0. The van der Waals surface area contributed by atoms with Gasteiger partial charge in [-0.05, 0) is 30.7 Å². The summed E-state index contributed by atoms with van der Waals surface area (Å²) in [5.41, 5.74) is 6.17. The van der Waals surface area contributed by atoms with Crippen molar-refractivity contribution in [1.29, 1.82) is 0 Å². The lowest BCUT2D eigenvalue weighted by Crippen LogP contribution is -2.48. The molecule has 0 radical (unpaired) electrons. The van der Waals surface area contributed by atoms with Gasteiger partial charge in [-0.2, -0.15) is 0 Å². The van der Waals surface area contributed by atoms with E-state index in [0.717, 1.165) is 24.3 Å². The quantitative estimate of drug-likeness (QED) is 0.783. The van der Waals surface area contributed by atoms with Crippen molar-refractivity contribution in [1.82, 2.24) is 0 Å². The van der Waals surface area contributed by atoms with Gasteiger partial charge in [-0.3, -0.25) is 0 Å². The van der Waals surface area contributed by atoms with Crippen molar-refractivity contribution in [2.24, 2.45) is 5.73 Å². The molecule has 0 aliphatic heterocycles. The van der Waals surface area contributed by atoms with Gasteiger partial charge in [0.1, 0.15) is 0 Å². The van der Waals surface area contributed by atoms with E-state index in [9.17, 15) is 0 Å². The topological polar surface area (TPSA) is 26.0 Å². The van der Waals surface area contributed by atoms with Crippen molar-refractivity contribution in [3.8, 4) is 0 Å². The van der Waals surface area contributed by atoms with Crippen molar-refractivity contribution in [2.75, 3.05) is 0 Å². The molecule has 1 aromatic rings. The highest BCUT2D eigenvalue weighted by Gasteiger charge is 2.33. The lowest BCUT2D eigenvalue weighted by atomic mass is 9.75. The summed E-state index contributed by atoms with van der Waals surface area (Å²) in [6, 6.07) is 1.95. The van der Waals surface area contributed by atoms with Crippen molar-refractivity contribution in [3.63, 3.8) is 0 Å². The fourth-order valence-electron chi connectivity index (χ4n) is 1.58. The minimum atomic E-state index is 0.0640. The Morgan fingerprint density at radius 1 is 1.58 bits per heavy atom. The summed E-state index contributed by atoms with van der Waals surface area (Å²) in [4.78, 5) is 1.25. The normalized spacial score (nSPS) is 20.5. The number of nitrogens with two attached hydrogens (primary N) is 1. The Hall–Kier alpha value is -0.0500. The maximum absolute atomic E-state index is 6.11. The van der Waals surface area contributed by atoms with Crippen LogP contribution in [0, 0.1) is 0 Å². The lowest BCUT2D eigenvalue weighted by molar-refractivity contribution is 0.249. The highest BCUT2D eigenvalue weighted by molar-refractivity contribution is 7.10. The molecular weight excluding hydrogens is 190 g/mol. The van der Waals surface area contributed by atoms with Gasteiger partial charge in [0, 0.05) is 16.8 Å². The number of hydrogen-bond donors (Lipinski definition) is 1. The molecule has 12 heavy (non-hydrogen) atoms. The molecule has 0 bridgehead atoms. The Balaban J connectivity index is 2.08. The van der Waals surface area contributed by atoms with Gasteiger partial charge in [0.2, 0.25) is 0 Å². The van der Waals surface area contributed by atoms with Crippen LogP contribution in [0.25, 0.3) is 0 Å². The minimum absolute atomic E-state index is 0.0640. The van der Waals surface area contributed by atoms with Crippen molar-refractivity contribution in [2.45, 2.75) is 31.2 Å². The second-order valence-corrected chi connectivity index (χ2v) is 4.99. The molecular formula is C9H12ClNS. The highest BCUT2D eigenvalue weighted by Crippen LogP contribution is 2.35. The number of halogens is 1. The molecule has 0 atom stereocenters. The van der Waals surface area contributed by atoms with Crippen LogP contribution in [0.1, 0.15) is 24.1 Å². The standard InChI is InChI=1S/C9H12ClNS/c10-7-2-5-12-8(7)6-9(11)3-1-4-9/h2,5H,1,3-4,6,11H2. The average Bonchev–Trinajstić information content (AvgIpc) is 2.34. The second kappa shape index (κ2) is 3.02. The third-order valence-electron chi connectivity index (χ3n) is 2.55. The van der Waals surface area contributed by atoms with Gasteiger partial charge in [-0.25, -0.2) is 0 Å². The predicted molar refractivity (Wildman–Crippen MR) is 53.8 cm³/mol. The molecule has 1 fully saturated rings. The maximum Gasteiger partial charge on any atom is 0.0545 e. The Labute approximate surface area is 81.5 Å². The fraction of sp³-hybridized carbons (Fsp3) is 0.556. The molecule has 0 amide bonds. The monoisotopic (exact) mass is 201 g/mol. The van der Waals surface area contributed by atoms with Gasteiger partial charge in [0.25, 0.3) is 0 Å². The molecule has 0 spiro atoms. The third kappa shape index (κ3) is 1.51. The van der Waals surface area contributed by atoms with Crippen LogP contribution in [0.4, 0.5) is 0 Å². The second-order valence-electron chi connectivity index (χ2n) is 3.58. The number of rotatable bonds is 2. The largest absolute Gasteiger partial charge is 0.325 e. The molecule has 1 heterocycles. The smallest absolute Gasteiger partial charge is 0.0545 e. The molecule has 1 aromatic heterocycles. The maximum atomic E-state index is 6.11.